The Morgan fingerprint density at radius 3 is 2.50 bits per heavy atom. The molecule has 3 nitrogen and oxygen atoms in total. The molecule has 1 amide bonds. The molecule has 0 spiro atoms. The molecule has 0 aliphatic carbocycles. The van der Waals surface area contributed by atoms with E-state index in [0.29, 0.717) is 24.1 Å². The van der Waals surface area contributed by atoms with Crippen molar-refractivity contribution in [2.75, 3.05) is 13.1 Å². The number of rotatable bonds is 1. The van der Waals surface area contributed by atoms with Gasteiger partial charge >= 0.3 is 6.18 Å². The van der Waals surface area contributed by atoms with Crippen molar-refractivity contribution in [1.29, 1.82) is 5.26 Å². The maximum Gasteiger partial charge on any atom is 0.393 e. The van der Waals surface area contributed by atoms with Crippen LogP contribution in [0.15, 0.2) is 24.3 Å². The number of alkyl halides is 3. The van der Waals surface area contributed by atoms with Crippen LogP contribution < -0.4 is 0 Å². The van der Waals surface area contributed by atoms with Crippen molar-refractivity contribution in [3.05, 3.63) is 35.4 Å². The highest BCUT2D eigenvalue weighted by Crippen LogP contribution is 2.33. The molecule has 1 heterocycles. The Kier molecular flexibility index (Phi) is 3.98. The van der Waals surface area contributed by atoms with Gasteiger partial charge in [0, 0.05) is 18.7 Å². The van der Waals surface area contributed by atoms with Gasteiger partial charge in [0.15, 0.2) is 0 Å². The van der Waals surface area contributed by atoms with E-state index in [4.69, 9.17) is 5.26 Å². The number of amides is 1. The summed E-state index contributed by atoms with van der Waals surface area (Å²) in [6, 6.07) is 7.84. The molecular formula is C14H13F3N2O. The van der Waals surface area contributed by atoms with E-state index in [0.717, 1.165) is 0 Å². The molecule has 0 saturated carbocycles. The SMILES string of the molecule is N#Cc1ccc(C(=O)N2CCC[C@H](C(F)(F)F)C2)cc1. The van der Waals surface area contributed by atoms with Crippen molar-refractivity contribution in [2.45, 2.75) is 19.0 Å². The largest absolute Gasteiger partial charge is 0.393 e. The highest BCUT2D eigenvalue weighted by atomic mass is 19.4. The molecule has 1 atom stereocenters. The zero-order valence-electron chi connectivity index (χ0n) is 10.7. The molecule has 0 bridgehead atoms. The van der Waals surface area contributed by atoms with Crippen LogP contribution >= 0.6 is 0 Å². The third kappa shape index (κ3) is 3.10. The number of benzene rings is 1. The summed E-state index contributed by atoms with van der Waals surface area (Å²) in [6.45, 7) is 0.0494. The van der Waals surface area contributed by atoms with Crippen molar-refractivity contribution in [1.82, 2.24) is 4.90 Å². The minimum Gasteiger partial charge on any atom is -0.338 e. The second-order valence-electron chi connectivity index (χ2n) is 4.82. The normalized spacial score (nSPS) is 19.5. The first kappa shape index (κ1) is 14.4. The Balaban J connectivity index is 2.10. The summed E-state index contributed by atoms with van der Waals surface area (Å²) in [5.41, 5.74) is 0.722. The van der Waals surface area contributed by atoms with Crippen LogP contribution in [0.1, 0.15) is 28.8 Å². The summed E-state index contributed by atoms with van der Waals surface area (Å²) in [5.74, 6) is -1.86. The smallest absolute Gasteiger partial charge is 0.338 e. The first-order valence-electron chi connectivity index (χ1n) is 6.28. The van der Waals surface area contributed by atoms with Gasteiger partial charge in [0.05, 0.1) is 17.6 Å². The lowest BCUT2D eigenvalue weighted by Crippen LogP contribution is -2.44. The lowest BCUT2D eigenvalue weighted by molar-refractivity contribution is -0.184. The van der Waals surface area contributed by atoms with E-state index >= 15 is 0 Å². The molecule has 1 saturated heterocycles. The van der Waals surface area contributed by atoms with Gasteiger partial charge in [-0.3, -0.25) is 4.79 Å². The summed E-state index contributed by atoms with van der Waals surface area (Å²) in [7, 11) is 0. The number of nitriles is 1. The van der Waals surface area contributed by atoms with Crippen LogP contribution in [0, 0.1) is 17.2 Å². The van der Waals surface area contributed by atoms with Crippen molar-refractivity contribution < 1.29 is 18.0 Å². The predicted octanol–water partition coefficient (Wildman–Crippen LogP) is 2.97. The van der Waals surface area contributed by atoms with Gasteiger partial charge in [-0.15, -0.1) is 0 Å². The number of hydrogen-bond donors (Lipinski definition) is 0. The number of carbonyl (C=O) groups excluding carboxylic acids is 1. The standard InChI is InChI=1S/C14H13F3N2O/c15-14(16,17)12-2-1-7-19(9-12)13(20)11-5-3-10(8-18)4-6-11/h3-6,12H,1-2,7,9H2/t12-/m0/s1. The van der Waals surface area contributed by atoms with Gasteiger partial charge in [0.2, 0.25) is 0 Å². The fraction of sp³-hybridized carbons (Fsp3) is 0.429. The molecule has 1 aromatic carbocycles. The van der Waals surface area contributed by atoms with Crippen LogP contribution in [-0.4, -0.2) is 30.1 Å². The fourth-order valence-electron chi connectivity index (χ4n) is 2.30. The second kappa shape index (κ2) is 5.53. The van der Waals surface area contributed by atoms with Crippen LogP contribution in [-0.2, 0) is 0 Å². The summed E-state index contributed by atoms with van der Waals surface area (Å²) in [6.07, 6.45) is -3.84. The van der Waals surface area contributed by atoms with Crippen LogP contribution in [0.5, 0.6) is 0 Å². The van der Waals surface area contributed by atoms with Crippen molar-refractivity contribution >= 4 is 5.91 Å². The Morgan fingerprint density at radius 1 is 1.30 bits per heavy atom. The molecule has 0 radical (unpaired) electrons. The van der Waals surface area contributed by atoms with Crippen LogP contribution in [0.25, 0.3) is 0 Å². The summed E-state index contributed by atoms with van der Waals surface area (Å²) in [5, 5.41) is 8.67. The van der Waals surface area contributed by atoms with Gasteiger partial charge < -0.3 is 4.90 Å². The number of nitrogens with zero attached hydrogens (tertiary/aromatic N) is 2. The van der Waals surface area contributed by atoms with Crippen molar-refractivity contribution in [2.24, 2.45) is 5.92 Å². The zero-order chi connectivity index (χ0) is 14.8. The van der Waals surface area contributed by atoms with E-state index in [9.17, 15) is 18.0 Å². The van der Waals surface area contributed by atoms with E-state index in [-0.39, 0.29) is 13.0 Å². The lowest BCUT2D eigenvalue weighted by Gasteiger charge is -2.33. The number of piperidine rings is 1. The molecule has 20 heavy (non-hydrogen) atoms. The number of halogens is 3. The van der Waals surface area contributed by atoms with Gasteiger partial charge in [0.25, 0.3) is 5.91 Å². The van der Waals surface area contributed by atoms with Gasteiger partial charge in [-0.05, 0) is 37.1 Å². The Morgan fingerprint density at radius 2 is 1.95 bits per heavy atom. The topological polar surface area (TPSA) is 44.1 Å². The lowest BCUT2D eigenvalue weighted by atomic mass is 9.97. The molecule has 1 fully saturated rings. The van der Waals surface area contributed by atoms with E-state index in [1.165, 1.54) is 29.2 Å². The fourth-order valence-corrected chi connectivity index (χ4v) is 2.30. The Labute approximate surface area is 114 Å². The molecule has 1 aliphatic heterocycles. The first-order chi connectivity index (χ1) is 9.41. The summed E-state index contributed by atoms with van der Waals surface area (Å²) < 4.78 is 38.1. The maximum atomic E-state index is 12.7. The maximum absolute atomic E-state index is 12.7. The number of carbonyl (C=O) groups is 1. The molecule has 0 N–H and O–H groups in total. The van der Waals surface area contributed by atoms with E-state index in [1.54, 1.807) is 0 Å². The minimum absolute atomic E-state index is 0.0701. The molecule has 6 heteroatoms. The quantitative estimate of drug-likeness (QED) is 0.794. The van der Waals surface area contributed by atoms with E-state index in [1.807, 2.05) is 6.07 Å². The Hall–Kier alpha value is -2.03. The zero-order valence-corrected chi connectivity index (χ0v) is 10.7. The molecule has 1 aliphatic rings. The molecule has 0 unspecified atom stereocenters. The minimum atomic E-state index is -4.26. The molecular weight excluding hydrogens is 269 g/mol. The monoisotopic (exact) mass is 282 g/mol. The van der Waals surface area contributed by atoms with Crippen molar-refractivity contribution in [3.63, 3.8) is 0 Å². The Bertz CT molecular complexity index is 531. The van der Waals surface area contributed by atoms with E-state index < -0.39 is 18.0 Å². The van der Waals surface area contributed by atoms with Gasteiger partial charge in [-0.1, -0.05) is 0 Å². The van der Waals surface area contributed by atoms with E-state index in [2.05, 4.69) is 0 Å². The highest BCUT2D eigenvalue weighted by Gasteiger charge is 2.42. The van der Waals surface area contributed by atoms with Crippen LogP contribution in [0.4, 0.5) is 13.2 Å². The molecule has 0 aromatic heterocycles. The second-order valence-corrected chi connectivity index (χ2v) is 4.82. The van der Waals surface area contributed by atoms with Crippen LogP contribution in [0.2, 0.25) is 0 Å². The van der Waals surface area contributed by atoms with Gasteiger partial charge in [-0.2, -0.15) is 18.4 Å². The third-order valence-corrected chi connectivity index (χ3v) is 3.43. The summed E-state index contributed by atoms with van der Waals surface area (Å²) >= 11 is 0. The molecule has 106 valence electrons. The highest BCUT2D eigenvalue weighted by molar-refractivity contribution is 5.94. The summed E-state index contributed by atoms with van der Waals surface area (Å²) in [4.78, 5) is 13.4. The average Bonchev–Trinajstić information content (AvgIpc) is 2.46. The van der Waals surface area contributed by atoms with Crippen molar-refractivity contribution in [3.8, 4) is 6.07 Å². The third-order valence-electron chi connectivity index (χ3n) is 3.43. The molecule has 1 aromatic rings. The number of likely N-dealkylation sites (tertiary alicyclic amines) is 1. The van der Waals surface area contributed by atoms with Gasteiger partial charge in [0.1, 0.15) is 0 Å². The average molecular weight is 282 g/mol. The predicted molar refractivity (Wildman–Crippen MR) is 65.8 cm³/mol. The van der Waals surface area contributed by atoms with Gasteiger partial charge in [-0.25, -0.2) is 0 Å². The molecule has 2 rings (SSSR count). The number of hydrogen-bond acceptors (Lipinski definition) is 2. The first-order valence-corrected chi connectivity index (χ1v) is 6.28. The van der Waals surface area contributed by atoms with Crippen LogP contribution in [0.3, 0.4) is 0 Å².